The molecule has 0 spiro atoms. The lowest BCUT2D eigenvalue weighted by Gasteiger charge is -2.45. The second-order valence-electron chi connectivity index (χ2n) is 5.62. The molecule has 1 atom stereocenters. The Morgan fingerprint density at radius 1 is 1.25 bits per heavy atom. The second-order valence-corrected chi connectivity index (χ2v) is 7.42. The van der Waals surface area contributed by atoms with Crippen molar-refractivity contribution in [3.63, 3.8) is 0 Å². The van der Waals surface area contributed by atoms with Gasteiger partial charge in [0.2, 0.25) is 0 Å². The maximum atomic E-state index is 6.08. The average molecular weight is 317 g/mol. The van der Waals surface area contributed by atoms with Crippen molar-refractivity contribution >= 4 is 22.9 Å². The topological polar surface area (TPSA) is 15.3 Å². The zero-order valence-corrected chi connectivity index (χ0v) is 15.1. The Morgan fingerprint density at radius 2 is 1.90 bits per heavy atom. The number of hydrogen-bond acceptors (Lipinski definition) is 3. The van der Waals surface area contributed by atoms with E-state index < -0.39 is 0 Å². The van der Waals surface area contributed by atoms with Crippen molar-refractivity contribution in [2.75, 3.05) is 20.6 Å². The van der Waals surface area contributed by atoms with Crippen LogP contribution in [0.25, 0.3) is 0 Å². The minimum atomic E-state index is 0.200. The van der Waals surface area contributed by atoms with E-state index in [1.165, 1.54) is 11.3 Å². The minimum absolute atomic E-state index is 0.200. The Hall–Kier alpha value is -0.0900. The smallest absolute Gasteiger partial charge is 0.0931 e. The fourth-order valence-corrected chi connectivity index (χ4v) is 4.25. The van der Waals surface area contributed by atoms with Gasteiger partial charge in [0, 0.05) is 16.5 Å². The largest absolute Gasteiger partial charge is 0.312 e. The van der Waals surface area contributed by atoms with Crippen molar-refractivity contribution in [1.82, 2.24) is 10.2 Å². The van der Waals surface area contributed by atoms with E-state index in [1.54, 1.807) is 11.3 Å². The Kier molecular flexibility index (Phi) is 7.52. The van der Waals surface area contributed by atoms with Crippen LogP contribution in [-0.4, -0.2) is 37.1 Å². The lowest BCUT2D eigenvalue weighted by Crippen LogP contribution is -2.59. The fraction of sp³-hybridized carbons (Fsp3) is 0.750. The van der Waals surface area contributed by atoms with E-state index in [0.717, 1.165) is 30.1 Å². The van der Waals surface area contributed by atoms with Crippen LogP contribution in [0.3, 0.4) is 0 Å². The molecule has 0 amide bonds. The Morgan fingerprint density at radius 3 is 2.30 bits per heavy atom. The SMILES string of the molecule is CCCNC(Cc1ccc(Cl)s1)C(CC)(CC)N(C)C. The molecule has 0 bridgehead atoms. The lowest BCUT2D eigenvalue weighted by atomic mass is 9.81. The van der Waals surface area contributed by atoms with E-state index in [9.17, 15) is 0 Å². The average Bonchev–Trinajstić information content (AvgIpc) is 2.82. The molecule has 0 saturated carbocycles. The normalized spacial score (nSPS) is 13.9. The van der Waals surface area contributed by atoms with Crippen LogP contribution in [0, 0.1) is 0 Å². The van der Waals surface area contributed by atoms with Crippen LogP contribution >= 0.6 is 22.9 Å². The number of hydrogen-bond donors (Lipinski definition) is 1. The molecule has 2 nitrogen and oxygen atoms in total. The van der Waals surface area contributed by atoms with Crippen LogP contribution < -0.4 is 5.32 Å². The molecule has 1 rings (SSSR count). The summed E-state index contributed by atoms with van der Waals surface area (Å²) < 4.78 is 0.887. The maximum absolute atomic E-state index is 6.08. The number of thiophene rings is 1. The molecule has 0 saturated heterocycles. The highest BCUT2D eigenvalue weighted by Gasteiger charge is 2.37. The molecule has 20 heavy (non-hydrogen) atoms. The molecule has 0 fully saturated rings. The summed E-state index contributed by atoms with van der Waals surface area (Å²) in [5.74, 6) is 0. The van der Waals surface area contributed by atoms with Crippen molar-refractivity contribution in [3.05, 3.63) is 21.3 Å². The van der Waals surface area contributed by atoms with Gasteiger partial charge in [-0.25, -0.2) is 0 Å². The van der Waals surface area contributed by atoms with E-state index in [4.69, 9.17) is 11.6 Å². The van der Waals surface area contributed by atoms with Crippen molar-refractivity contribution in [2.24, 2.45) is 0 Å². The second kappa shape index (κ2) is 8.38. The molecule has 0 aliphatic rings. The van der Waals surface area contributed by atoms with Crippen LogP contribution in [0.5, 0.6) is 0 Å². The first kappa shape index (κ1) is 18.0. The zero-order chi connectivity index (χ0) is 15.2. The van der Waals surface area contributed by atoms with Gasteiger partial charge >= 0.3 is 0 Å². The summed E-state index contributed by atoms with van der Waals surface area (Å²) >= 11 is 7.79. The Balaban J connectivity index is 2.96. The number of rotatable bonds is 9. The third-order valence-electron chi connectivity index (χ3n) is 4.44. The highest BCUT2D eigenvalue weighted by atomic mass is 35.5. The van der Waals surface area contributed by atoms with Gasteiger partial charge in [0.05, 0.1) is 4.34 Å². The summed E-state index contributed by atoms with van der Waals surface area (Å²) in [4.78, 5) is 3.77. The minimum Gasteiger partial charge on any atom is -0.312 e. The fourth-order valence-electron chi connectivity index (χ4n) is 3.12. The first-order chi connectivity index (χ1) is 9.50. The number of likely N-dealkylation sites (N-methyl/N-ethyl adjacent to an activating group) is 1. The molecule has 116 valence electrons. The molecule has 1 aromatic heterocycles. The Bertz CT molecular complexity index is 386. The first-order valence-electron chi connectivity index (χ1n) is 7.65. The highest BCUT2D eigenvalue weighted by molar-refractivity contribution is 7.16. The third kappa shape index (κ3) is 4.20. The first-order valence-corrected chi connectivity index (χ1v) is 8.84. The van der Waals surface area contributed by atoms with Gasteiger partial charge in [0.1, 0.15) is 0 Å². The number of halogens is 1. The van der Waals surface area contributed by atoms with Crippen LogP contribution in [-0.2, 0) is 6.42 Å². The van der Waals surface area contributed by atoms with Gasteiger partial charge in [-0.2, -0.15) is 0 Å². The standard InChI is InChI=1S/C16H29ClN2S/c1-6-11-18-14(12-13-9-10-15(17)20-13)16(7-2,8-3)19(4)5/h9-10,14,18H,6-8,11-12H2,1-5H3. The number of nitrogens with one attached hydrogen (secondary N) is 1. The van der Waals surface area contributed by atoms with E-state index in [0.29, 0.717) is 6.04 Å². The summed E-state index contributed by atoms with van der Waals surface area (Å²) in [5, 5.41) is 3.77. The van der Waals surface area contributed by atoms with Gasteiger partial charge in [0.15, 0.2) is 0 Å². The summed E-state index contributed by atoms with van der Waals surface area (Å²) in [6.07, 6.45) is 4.52. The van der Waals surface area contributed by atoms with Crippen molar-refractivity contribution in [1.29, 1.82) is 0 Å². The van der Waals surface area contributed by atoms with E-state index in [1.807, 2.05) is 6.07 Å². The molecular formula is C16H29ClN2S. The quantitative estimate of drug-likeness (QED) is 0.725. The van der Waals surface area contributed by atoms with Crippen LogP contribution in [0.4, 0.5) is 0 Å². The summed E-state index contributed by atoms with van der Waals surface area (Å²) in [6.45, 7) is 7.89. The summed E-state index contributed by atoms with van der Waals surface area (Å²) in [7, 11) is 4.41. The van der Waals surface area contributed by atoms with Gasteiger partial charge in [-0.15, -0.1) is 11.3 Å². The van der Waals surface area contributed by atoms with E-state index >= 15 is 0 Å². The molecule has 1 heterocycles. The Labute approximate surface area is 133 Å². The van der Waals surface area contributed by atoms with Gasteiger partial charge in [-0.3, -0.25) is 0 Å². The predicted octanol–water partition coefficient (Wildman–Crippen LogP) is 4.43. The van der Waals surface area contributed by atoms with E-state index in [2.05, 4.69) is 51.1 Å². The molecule has 4 heteroatoms. The van der Waals surface area contributed by atoms with Crippen LogP contribution in [0.1, 0.15) is 44.9 Å². The summed E-state index contributed by atoms with van der Waals surface area (Å²) in [5.41, 5.74) is 0.200. The lowest BCUT2D eigenvalue weighted by molar-refractivity contribution is 0.0885. The summed E-state index contributed by atoms with van der Waals surface area (Å²) in [6, 6.07) is 4.63. The molecule has 0 aliphatic carbocycles. The van der Waals surface area contributed by atoms with Crippen LogP contribution in [0.15, 0.2) is 12.1 Å². The van der Waals surface area contributed by atoms with Gasteiger partial charge in [-0.1, -0.05) is 32.4 Å². The molecule has 0 aromatic carbocycles. The zero-order valence-electron chi connectivity index (χ0n) is 13.5. The monoisotopic (exact) mass is 316 g/mol. The third-order valence-corrected chi connectivity index (χ3v) is 5.69. The van der Waals surface area contributed by atoms with Crippen molar-refractivity contribution < 1.29 is 0 Å². The van der Waals surface area contributed by atoms with Crippen molar-refractivity contribution in [2.45, 2.75) is 58.0 Å². The predicted molar refractivity (Wildman–Crippen MR) is 92.1 cm³/mol. The number of nitrogens with zero attached hydrogens (tertiary/aromatic N) is 1. The van der Waals surface area contributed by atoms with Gasteiger partial charge in [-0.05, 0) is 58.5 Å². The molecule has 1 unspecified atom stereocenters. The molecule has 1 N–H and O–H groups in total. The molecule has 0 radical (unpaired) electrons. The molecule has 1 aromatic rings. The van der Waals surface area contributed by atoms with Crippen LogP contribution in [0.2, 0.25) is 4.34 Å². The highest BCUT2D eigenvalue weighted by Crippen LogP contribution is 2.30. The maximum Gasteiger partial charge on any atom is 0.0931 e. The molecular weight excluding hydrogens is 288 g/mol. The van der Waals surface area contributed by atoms with E-state index in [-0.39, 0.29) is 5.54 Å². The van der Waals surface area contributed by atoms with Gasteiger partial charge < -0.3 is 10.2 Å². The van der Waals surface area contributed by atoms with Crippen molar-refractivity contribution in [3.8, 4) is 0 Å². The van der Waals surface area contributed by atoms with Gasteiger partial charge in [0.25, 0.3) is 0 Å². The molecule has 0 aliphatic heterocycles.